The average molecular weight is 415 g/mol. The van der Waals surface area contributed by atoms with Gasteiger partial charge in [-0.2, -0.15) is 5.10 Å². The van der Waals surface area contributed by atoms with Crippen molar-refractivity contribution in [3.05, 3.63) is 65.2 Å². The first-order valence-electron chi connectivity index (χ1n) is 10.6. The van der Waals surface area contributed by atoms with Crippen LogP contribution < -0.4 is 4.90 Å². The van der Waals surface area contributed by atoms with Gasteiger partial charge in [0.25, 0.3) is 0 Å². The van der Waals surface area contributed by atoms with Gasteiger partial charge in [0.15, 0.2) is 5.78 Å². The Kier molecular flexibility index (Phi) is 4.19. The van der Waals surface area contributed by atoms with Gasteiger partial charge in [-0.1, -0.05) is 62.7 Å². The van der Waals surface area contributed by atoms with E-state index in [0.717, 1.165) is 16.7 Å². The SMILES string of the molecule is Cc1ccc(N2C(=O)[C@@H]3[C@@H](C2=O)[C@@H]2c4ccccc4C=NN2[C@@H]3C(=O)C(C)(C)C)cc1. The highest BCUT2D eigenvalue weighted by molar-refractivity contribution is 6.24. The standard InChI is InChI=1S/C25H25N3O3/c1-14-9-11-16(12-10-14)27-23(30)18-19(24(27)31)21(22(29)25(2,3)4)28-20(18)17-8-6-5-7-15(17)13-26-28/h5-13,18-21H,1-4H3/t18-,19-,20+,21+/m1/s1. The van der Waals surface area contributed by atoms with Crippen LogP contribution in [0.5, 0.6) is 0 Å². The van der Waals surface area contributed by atoms with Crippen molar-refractivity contribution in [1.29, 1.82) is 0 Å². The molecule has 3 aliphatic rings. The van der Waals surface area contributed by atoms with E-state index < -0.39 is 29.3 Å². The summed E-state index contributed by atoms with van der Waals surface area (Å²) in [5, 5.41) is 6.29. The molecule has 0 aromatic heterocycles. The summed E-state index contributed by atoms with van der Waals surface area (Å²) in [6, 6.07) is 13.9. The number of carbonyl (C=O) groups is 3. The van der Waals surface area contributed by atoms with Crippen molar-refractivity contribution in [3.63, 3.8) is 0 Å². The maximum atomic E-state index is 13.7. The van der Waals surface area contributed by atoms with E-state index in [9.17, 15) is 14.4 Å². The number of rotatable bonds is 2. The molecule has 5 rings (SSSR count). The van der Waals surface area contributed by atoms with Crippen LogP contribution in [0.1, 0.15) is 43.5 Å². The summed E-state index contributed by atoms with van der Waals surface area (Å²) in [6.07, 6.45) is 1.72. The maximum Gasteiger partial charge on any atom is 0.240 e. The fourth-order valence-electron chi connectivity index (χ4n) is 5.06. The summed E-state index contributed by atoms with van der Waals surface area (Å²) in [5.41, 5.74) is 2.78. The molecule has 158 valence electrons. The second-order valence-electron chi connectivity index (χ2n) is 9.66. The molecule has 0 saturated carbocycles. The molecule has 0 N–H and O–H groups in total. The minimum absolute atomic E-state index is 0.0755. The number of imide groups is 1. The number of amides is 2. The molecule has 0 bridgehead atoms. The molecule has 2 aromatic rings. The van der Waals surface area contributed by atoms with Crippen molar-refractivity contribution < 1.29 is 14.4 Å². The molecule has 4 atom stereocenters. The Balaban J connectivity index is 1.66. The molecule has 0 unspecified atom stereocenters. The minimum Gasteiger partial charge on any atom is -0.297 e. The lowest BCUT2D eigenvalue weighted by atomic mass is 9.79. The summed E-state index contributed by atoms with van der Waals surface area (Å²) in [5.74, 6) is -2.06. The maximum absolute atomic E-state index is 13.7. The van der Waals surface area contributed by atoms with E-state index >= 15 is 0 Å². The summed E-state index contributed by atoms with van der Waals surface area (Å²) in [4.78, 5) is 42.1. The molecule has 6 heteroatoms. The monoisotopic (exact) mass is 415 g/mol. The lowest BCUT2D eigenvalue weighted by Gasteiger charge is -2.35. The van der Waals surface area contributed by atoms with Crippen LogP contribution in [0.15, 0.2) is 53.6 Å². The first-order valence-corrected chi connectivity index (χ1v) is 10.6. The van der Waals surface area contributed by atoms with Gasteiger partial charge in [0.1, 0.15) is 6.04 Å². The zero-order chi connectivity index (χ0) is 22.1. The van der Waals surface area contributed by atoms with Gasteiger partial charge in [0.05, 0.1) is 29.8 Å². The van der Waals surface area contributed by atoms with Gasteiger partial charge in [0.2, 0.25) is 11.8 Å². The van der Waals surface area contributed by atoms with Crippen molar-refractivity contribution in [2.45, 2.75) is 39.8 Å². The highest BCUT2D eigenvalue weighted by Gasteiger charge is 2.66. The summed E-state index contributed by atoms with van der Waals surface area (Å²) in [6.45, 7) is 7.49. The van der Waals surface area contributed by atoms with Crippen molar-refractivity contribution in [1.82, 2.24) is 5.01 Å². The number of anilines is 1. The van der Waals surface area contributed by atoms with Crippen molar-refractivity contribution in [2.24, 2.45) is 22.4 Å². The van der Waals surface area contributed by atoms with E-state index in [2.05, 4.69) is 5.10 Å². The van der Waals surface area contributed by atoms with Crippen molar-refractivity contribution in [2.75, 3.05) is 4.90 Å². The molecule has 2 amide bonds. The second kappa shape index (κ2) is 6.61. The molecule has 0 radical (unpaired) electrons. The molecule has 2 fully saturated rings. The van der Waals surface area contributed by atoms with Gasteiger partial charge in [-0.3, -0.25) is 19.4 Å². The number of benzene rings is 2. The van der Waals surface area contributed by atoms with Gasteiger partial charge < -0.3 is 0 Å². The number of Topliss-reactive ketones (excluding diaryl/α,β-unsaturated/α-hetero) is 1. The first kappa shape index (κ1) is 19.7. The third-order valence-corrected chi connectivity index (χ3v) is 6.59. The average Bonchev–Trinajstić information content (AvgIpc) is 3.20. The van der Waals surface area contributed by atoms with E-state index in [1.165, 1.54) is 4.90 Å². The lowest BCUT2D eigenvalue weighted by Crippen LogP contribution is -2.48. The smallest absolute Gasteiger partial charge is 0.240 e. The van der Waals surface area contributed by atoms with E-state index in [1.54, 1.807) is 23.4 Å². The Morgan fingerprint density at radius 2 is 1.58 bits per heavy atom. The number of hydrazone groups is 1. The quantitative estimate of drug-likeness (QED) is 0.704. The Bertz CT molecular complexity index is 1130. The van der Waals surface area contributed by atoms with Gasteiger partial charge in [-0.05, 0) is 30.2 Å². The second-order valence-corrected chi connectivity index (χ2v) is 9.66. The number of carbonyl (C=O) groups excluding carboxylic acids is 3. The predicted molar refractivity (Wildman–Crippen MR) is 118 cm³/mol. The van der Waals surface area contributed by atoms with Gasteiger partial charge in [-0.25, -0.2) is 4.90 Å². The normalized spacial score (nSPS) is 26.7. The largest absolute Gasteiger partial charge is 0.297 e. The summed E-state index contributed by atoms with van der Waals surface area (Å²) >= 11 is 0. The molecule has 2 aromatic carbocycles. The van der Waals surface area contributed by atoms with Crippen LogP contribution >= 0.6 is 0 Å². The van der Waals surface area contributed by atoms with Crippen molar-refractivity contribution in [3.8, 4) is 0 Å². The highest BCUT2D eigenvalue weighted by Crippen LogP contribution is 2.53. The molecule has 0 aliphatic carbocycles. The summed E-state index contributed by atoms with van der Waals surface area (Å²) in [7, 11) is 0. The zero-order valence-corrected chi connectivity index (χ0v) is 18.1. The molecule has 0 spiro atoms. The van der Waals surface area contributed by atoms with Crippen LogP contribution in [-0.2, 0) is 14.4 Å². The van der Waals surface area contributed by atoms with Gasteiger partial charge >= 0.3 is 0 Å². The molecular formula is C25H25N3O3. The fourth-order valence-corrected chi connectivity index (χ4v) is 5.06. The third-order valence-electron chi connectivity index (χ3n) is 6.59. The van der Waals surface area contributed by atoms with Crippen LogP contribution in [-0.4, -0.2) is 34.9 Å². The molecule has 3 aliphatic heterocycles. The summed E-state index contributed by atoms with van der Waals surface area (Å²) < 4.78 is 0. The van der Waals surface area contributed by atoms with Gasteiger partial charge in [-0.15, -0.1) is 0 Å². The lowest BCUT2D eigenvalue weighted by molar-refractivity contribution is -0.136. The number of ketones is 1. The molecular weight excluding hydrogens is 390 g/mol. The number of hydrogen-bond donors (Lipinski definition) is 0. The topological polar surface area (TPSA) is 70.1 Å². The van der Waals surface area contributed by atoms with Crippen LogP contribution in [0.4, 0.5) is 5.69 Å². The van der Waals surface area contributed by atoms with Crippen LogP contribution in [0.25, 0.3) is 0 Å². The van der Waals surface area contributed by atoms with Crippen molar-refractivity contribution >= 4 is 29.5 Å². The molecule has 3 heterocycles. The van der Waals surface area contributed by atoms with Crippen LogP contribution in [0, 0.1) is 24.2 Å². The van der Waals surface area contributed by atoms with E-state index in [0.29, 0.717) is 5.69 Å². The van der Waals surface area contributed by atoms with E-state index in [-0.39, 0.29) is 17.6 Å². The Labute approximate surface area is 181 Å². The number of fused-ring (bicyclic) bond motifs is 5. The Morgan fingerprint density at radius 1 is 0.935 bits per heavy atom. The predicted octanol–water partition coefficient (Wildman–Crippen LogP) is 3.49. The minimum atomic E-state index is -0.772. The first-order chi connectivity index (χ1) is 14.7. The van der Waals surface area contributed by atoms with E-state index in [4.69, 9.17) is 0 Å². The molecule has 31 heavy (non-hydrogen) atoms. The zero-order valence-electron chi connectivity index (χ0n) is 18.1. The Morgan fingerprint density at radius 3 is 2.26 bits per heavy atom. The van der Waals surface area contributed by atoms with E-state index in [1.807, 2.05) is 64.1 Å². The highest BCUT2D eigenvalue weighted by atomic mass is 16.2. The Hall–Kier alpha value is -3.28. The fraction of sp³-hybridized carbons (Fsp3) is 0.360. The number of aryl methyl sites for hydroxylation is 1. The third kappa shape index (κ3) is 2.77. The molecule has 6 nitrogen and oxygen atoms in total. The molecule has 2 saturated heterocycles. The van der Waals surface area contributed by atoms with Gasteiger partial charge in [0, 0.05) is 5.41 Å². The van der Waals surface area contributed by atoms with Crippen LogP contribution in [0.2, 0.25) is 0 Å². The van der Waals surface area contributed by atoms with Crippen LogP contribution in [0.3, 0.4) is 0 Å². The number of hydrogen-bond acceptors (Lipinski definition) is 5. The number of nitrogens with zero attached hydrogens (tertiary/aromatic N) is 3.